The lowest BCUT2D eigenvalue weighted by molar-refractivity contribution is -0.141. The van der Waals surface area contributed by atoms with Crippen molar-refractivity contribution < 1.29 is 28.6 Å². The van der Waals surface area contributed by atoms with E-state index in [1.807, 2.05) is 40.0 Å². The topological polar surface area (TPSA) is 158 Å². The lowest BCUT2D eigenvalue weighted by Gasteiger charge is -2.35. The Morgan fingerprint density at radius 1 is 1.04 bits per heavy atom. The number of nitrogens with one attached hydrogen (secondary N) is 2. The SMILES string of the molecule is COc1ccc2c(OC3C[C@@H](C(N)=O)N(C(=O)[C@@H](NC(=O)OC4C[C@@H]5C[C@@H]5C4)C(C)(C)C)C3)cc(-c3csc(NC(C)C)n3)nc2c1Cl. The van der Waals surface area contributed by atoms with Gasteiger partial charge in [0, 0.05) is 29.3 Å². The summed E-state index contributed by atoms with van der Waals surface area (Å²) in [5, 5.41) is 9.70. The van der Waals surface area contributed by atoms with Crippen molar-refractivity contribution in [3.63, 3.8) is 0 Å². The minimum Gasteiger partial charge on any atom is -0.495 e. The molecule has 6 rings (SSSR count). The Hall–Kier alpha value is -3.84. The molecule has 2 unspecified atom stereocenters. The van der Waals surface area contributed by atoms with E-state index in [-0.39, 0.29) is 25.1 Å². The normalized spacial score (nSPS) is 23.9. The molecule has 1 aliphatic heterocycles. The number of ether oxygens (including phenoxy) is 3. The number of aromatic nitrogens is 2. The summed E-state index contributed by atoms with van der Waals surface area (Å²) < 4.78 is 17.7. The van der Waals surface area contributed by atoms with E-state index < -0.39 is 41.5 Å². The van der Waals surface area contributed by atoms with Crippen LogP contribution >= 0.6 is 22.9 Å². The van der Waals surface area contributed by atoms with Gasteiger partial charge in [0.05, 0.1) is 24.9 Å². The number of nitrogens with two attached hydrogens (primary N) is 1. The third-order valence-corrected chi connectivity index (χ3v) is 10.4. The average Bonchev–Trinajstić information content (AvgIpc) is 3.35. The smallest absolute Gasteiger partial charge is 0.408 e. The molecule has 3 aliphatic rings. The zero-order valence-corrected chi connectivity index (χ0v) is 29.6. The van der Waals surface area contributed by atoms with Gasteiger partial charge in [0.15, 0.2) is 5.13 Å². The summed E-state index contributed by atoms with van der Waals surface area (Å²) >= 11 is 8.20. The van der Waals surface area contributed by atoms with Gasteiger partial charge in [0.25, 0.3) is 0 Å². The maximum absolute atomic E-state index is 14.1. The van der Waals surface area contributed by atoms with E-state index in [0.29, 0.717) is 50.6 Å². The number of alkyl carbamates (subject to hydrolysis) is 1. The number of benzene rings is 1. The van der Waals surface area contributed by atoms with E-state index in [2.05, 4.69) is 10.6 Å². The summed E-state index contributed by atoms with van der Waals surface area (Å²) in [6, 6.07) is 3.63. The minimum absolute atomic E-state index is 0.0733. The van der Waals surface area contributed by atoms with Crippen LogP contribution in [0.4, 0.5) is 9.93 Å². The van der Waals surface area contributed by atoms with Crippen molar-refractivity contribution >= 4 is 56.9 Å². The number of fused-ring (bicyclic) bond motifs is 2. The number of primary amides is 1. The van der Waals surface area contributed by atoms with Crippen molar-refractivity contribution in [2.75, 3.05) is 19.0 Å². The number of methoxy groups -OCH3 is 1. The fraction of sp³-hybridized carbons (Fsp3) is 0.559. The number of anilines is 1. The van der Waals surface area contributed by atoms with Crippen molar-refractivity contribution in [2.24, 2.45) is 23.0 Å². The maximum Gasteiger partial charge on any atom is 0.408 e. The van der Waals surface area contributed by atoms with Gasteiger partial charge in [-0.1, -0.05) is 32.4 Å². The van der Waals surface area contributed by atoms with Crippen LogP contribution in [-0.4, -0.2) is 76.8 Å². The van der Waals surface area contributed by atoms with Crippen LogP contribution in [-0.2, 0) is 14.3 Å². The molecule has 0 radical (unpaired) electrons. The summed E-state index contributed by atoms with van der Waals surface area (Å²) in [7, 11) is 1.53. The molecular weight excluding hydrogens is 656 g/mol. The minimum atomic E-state index is -0.959. The van der Waals surface area contributed by atoms with E-state index in [9.17, 15) is 14.4 Å². The highest BCUT2D eigenvalue weighted by atomic mass is 35.5. The Morgan fingerprint density at radius 2 is 1.77 bits per heavy atom. The molecule has 3 heterocycles. The van der Waals surface area contributed by atoms with E-state index in [0.717, 1.165) is 18.0 Å². The zero-order valence-electron chi connectivity index (χ0n) is 28.0. The van der Waals surface area contributed by atoms with Crippen LogP contribution in [0.25, 0.3) is 22.3 Å². The number of carbonyl (C=O) groups is 3. The highest BCUT2D eigenvalue weighted by molar-refractivity contribution is 7.14. The molecular formula is C34H43ClN6O6S. The monoisotopic (exact) mass is 698 g/mol. The highest BCUT2D eigenvalue weighted by Crippen LogP contribution is 2.52. The summed E-state index contributed by atoms with van der Waals surface area (Å²) in [5.74, 6) is 1.12. The third-order valence-electron chi connectivity index (χ3n) is 9.26. The Kier molecular flexibility index (Phi) is 9.38. The quantitative estimate of drug-likeness (QED) is 0.245. The number of hydrogen-bond donors (Lipinski definition) is 3. The molecule has 1 aromatic carbocycles. The number of pyridine rings is 1. The van der Waals surface area contributed by atoms with Gasteiger partial charge in [-0.05, 0) is 62.5 Å². The second-order valence-electron chi connectivity index (χ2n) is 14.4. The molecule has 48 heavy (non-hydrogen) atoms. The second-order valence-corrected chi connectivity index (χ2v) is 15.6. The molecule has 1 saturated heterocycles. The first-order valence-electron chi connectivity index (χ1n) is 16.3. The van der Waals surface area contributed by atoms with Gasteiger partial charge in [0.2, 0.25) is 11.8 Å². The third kappa shape index (κ3) is 7.12. The molecule has 4 N–H and O–H groups in total. The number of halogens is 1. The number of amides is 3. The van der Waals surface area contributed by atoms with Gasteiger partial charge in [-0.3, -0.25) is 9.59 Å². The Labute approximate surface area is 289 Å². The Morgan fingerprint density at radius 3 is 2.42 bits per heavy atom. The molecule has 258 valence electrons. The van der Waals surface area contributed by atoms with Crippen LogP contribution < -0.4 is 25.8 Å². The summed E-state index contributed by atoms with van der Waals surface area (Å²) in [4.78, 5) is 50.8. The van der Waals surface area contributed by atoms with Crippen LogP contribution in [0.5, 0.6) is 11.5 Å². The van der Waals surface area contributed by atoms with Crippen molar-refractivity contribution in [1.82, 2.24) is 20.2 Å². The van der Waals surface area contributed by atoms with Gasteiger partial charge >= 0.3 is 6.09 Å². The van der Waals surface area contributed by atoms with Gasteiger partial charge in [-0.25, -0.2) is 14.8 Å². The fourth-order valence-electron chi connectivity index (χ4n) is 6.75. The van der Waals surface area contributed by atoms with Gasteiger partial charge in [0.1, 0.15) is 46.5 Å². The van der Waals surface area contributed by atoms with E-state index in [1.54, 1.807) is 18.2 Å². The first-order valence-corrected chi connectivity index (χ1v) is 17.6. The number of thiazole rings is 1. The first-order chi connectivity index (χ1) is 22.7. The van der Waals surface area contributed by atoms with Gasteiger partial charge < -0.3 is 35.5 Å². The zero-order chi connectivity index (χ0) is 34.5. The van der Waals surface area contributed by atoms with Gasteiger partial charge in [-0.15, -0.1) is 11.3 Å². The van der Waals surface area contributed by atoms with E-state index in [1.165, 1.54) is 29.8 Å². The lowest BCUT2D eigenvalue weighted by Crippen LogP contribution is -2.57. The van der Waals surface area contributed by atoms with Crippen LogP contribution in [0.15, 0.2) is 23.6 Å². The van der Waals surface area contributed by atoms with Crippen LogP contribution in [0.2, 0.25) is 5.02 Å². The molecule has 3 aromatic rings. The van der Waals surface area contributed by atoms with Gasteiger partial charge in [-0.2, -0.15) is 0 Å². The summed E-state index contributed by atoms with van der Waals surface area (Å²) in [5.41, 5.74) is 6.79. The average molecular weight is 699 g/mol. The first kappa shape index (κ1) is 34.0. The number of carbonyl (C=O) groups excluding carboxylic acids is 3. The molecule has 6 atom stereocenters. The second kappa shape index (κ2) is 13.2. The van der Waals surface area contributed by atoms with Crippen LogP contribution in [0, 0.1) is 17.3 Å². The molecule has 3 amide bonds. The van der Waals surface area contributed by atoms with Crippen molar-refractivity contribution in [3.8, 4) is 22.9 Å². The molecule has 14 heteroatoms. The maximum atomic E-state index is 14.1. The van der Waals surface area contributed by atoms with Crippen molar-refractivity contribution in [3.05, 3.63) is 28.6 Å². The molecule has 12 nitrogen and oxygen atoms in total. The Balaban J connectivity index is 1.26. The largest absolute Gasteiger partial charge is 0.495 e. The van der Waals surface area contributed by atoms with Crippen LogP contribution in [0.3, 0.4) is 0 Å². The standard InChI is InChI=1S/C34H43ClN6O6S/c1-16(2)37-32-39-23(15-48-32)22-13-26(21-7-8-25(45-6)27(35)28(21)38-22)46-20-12-24(30(36)42)41(14-20)31(43)29(34(3,4)5)40-33(44)47-19-10-17-9-18(17)11-19/h7-8,13,15-20,24,29H,9-12,14H2,1-6H3,(H2,36,42)(H,37,39)(H,40,44)/t17-,18+,19?,20?,24-,29+/m0/s1. The molecule has 0 bridgehead atoms. The fourth-order valence-corrected chi connectivity index (χ4v) is 7.88. The molecule has 2 saturated carbocycles. The van der Waals surface area contributed by atoms with Crippen molar-refractivity contribution in [2.45, 2.75) is 90.6 Å². The van der Waals surface area contributed by atoms with E-state index in [4.69, 9.17) is 41.5 Å². The highest BCUT2D eigenvalue weighted by Gasteiger charge is 2.48. The molecule has 3 fully saturated rings. The lowest BCUT2D eigenvalue weighted by atomic mass is 9.85. The van der Waals surface area contributed by atoms with Crippen LogP contribution in [0.1, 0.15) is 60.3 Å². The number of likely N-dealkylation sites (tertiary alicyclic amines) is 1. The predicted octanol–water partition coefficient (Wildman–Crippen LogP) is 5.61. The molecule has 0 spiro atoms. The summed E-state index contributed by atoms with van der Waals surface area (Å²) in [6.07, 6.45) is 1.73. The Bertz CT molecular complexity index is 1720. The number of hydrogen-bond acceptors (Lipinski definition) is 10. The number of rotatable bonds is 10. The summed E-state index contributed by atoms with van der Waals surface area (Å²) in [6.45, 7) is 9.70. The molecule has 2 aliphatic carbocycles. The number of nitrogens with zero attached hydrogens (tertiary/aromatic N) is 3. The van der Waals surface area contributed by atoms with Crippen molar-refractivity contribution in [1.29, 1.82) is 0 Å². The molecule has 2 aromatic heterocycles. The van der Waals surface area contributed by atoms with E-state index >= 15 is 0 Å². The predicted molar refractivity (Wildman–Crippen MR) is 184 cm³/mol.